The zero-order valence-electron chi connectivity index (χ0n) is 19.3. The van der Waals surface area contributed by atoms with Crippen molar-refractivity contribution in [3.63, 3.8) is 0 Å². The van der Waals surface area contributed by atoms with Gasteiger partial charge < -0.3 is 20.5 Å². The van der Waals surface area contributed by atoms with E-state index in [1.165, 1.54) is 25.4 Å². The second kappa shape index (κ2) is 10.5. The number of piperidine rings is 1. The number of likely N-dealkylation sites (tertiary alicyclic amines) is 1. The molecule has 2 heterocycles. The molecule has 178 valence electrons. The molecular weight excluding hydrogens is 437 g/mol. The Morgan fingerprint density at radius 1 is 1.24 bits per heavy atom. The van der Waals surface area contributed by atoms with Crippen LogP contribution in [-0.2, 0) is 0 Å². The number of nitrogen functional groups attached to an aromatic ring is 1. The van der Waals surface area contributed by atoms with Crippen LogP contribution in [0.2, 0.25) is 0 Å². The summed E-state index contributed by atoms with van der Waals surface area (Å²) in [5, 5.41) is 3.07. The fourth-order valence-electron chi connectivity index (χ4n) is 3.97. The first-order valence-corrected chi connectivity index (χ1v) is 11.2. The third-order valence-electron chi connectivity index (χ3n) is 5.79. The number of hydrogen-bond acceptors (Lipinski definition) is 8. The molecule has 1 aliphatic rings. The first-order chi connectivity index (χ1) is 16.5. The van der Waals surface area contributed by atoms with Crippen LogP contribution in [0, 0.1) is 5.82 Å². The van der Waals surface area contributed by atoms with Crippen LogP contribution in [0.4, 0.5) is 21.8 Å². The molecule has 2 aromatic carbocycles. The zero-order chi connectivity index (χ0) is 24.1. The summed E-state index contributed by atoms with van der Waals surface area (Å²) in [7, 11) is 1.40. The number of nitrogens with one attached hydrogen (secondary N) is 1. The molecule has 34 heavy (non-hydrogen) atoms. The van der Waals surface area contributed by atoms with Crippen LogP contribution in [0.25, 0.3) is 0 Å². The Bertz CT molecular complexity index is 1160. The predicted octanol–water partition coefficient (Wildman–Crippen LogP) is 4.04. The minimum Gasteiger partial charge on any atom is -0.496 e. The molecule has 3 aromatic rings. The second-order valence-electron chi connectivity index (χ2n) is 8.09. The Morgan fingerprint density at radius 2 is 2.03 bits per heavy atom. The SMILES string of the molecule is CCN1CCCC(Oc2ccc(Nc3ncc(C(=O)c4cc(F)ccc4OC)c(N)n3)cc2)C1. The third-order valence-corrected chi connectivity index (χ3v) is 5.79. The standard InChI is InChI=1S/C25H28FN5O3/c1-3-31-12-4-5-19(15-31)34-18-9-7-17(8-10-18)29-25-28-14-21(24(27)30-25)23(32)20-13-16(26)6-11-22(20)33-2/h6-11,13-14,19H,3-5,12,15H2,1-2H3,(H3,27,28,29,30). The van der Waals surface area contributed by atoms with Crippen molar-refractivity contribution in [1.82, 2.24) is 14.9 Å². The number of ether oxygens (including phenoxy) is 2. The summed E-state index contributed by atoms with van der Waals surface area (Å²) in [6, 6.07) is 11.2. The lowest BCUT2D eigenvalue weighted by Gasteiger charge is -2.32. The number of ketones is 1. The minimum atomic E-state index is -0.555. The van der Waals surface area contributed by atoms with Gasteiger partial charge in [-0.3, -0.25) is 9.69 Å². The van der Waals surface area contributed by atoms with E-state index in [-0.39, 0.29) is 34.7 Å². The number of nitrogens with two attached hydrogens (primary N) is 1. The topological polar surface area (TPSA) is 103 Å². The molecule has 8 nitrogen and oxygen atoms in total. The van der Waals surface area contributed by atoms with Crippen molar-refractivity contribution in [1.29, 1.82) is 0 Å². The highest BCUT2D eigenvalue weighted by atomic mass is 19.1. The average Bonchev–Trinajstić information content (AvgIpc) is 2.85. The van der Waals surface area contributed by atoms with Gasteiger partial charge in [0.2, 0.25) is 11.7 Å². The molecule has 1 fully saturated rings. The highest BCUT2D eigenvalue weighted by molar-refractivity contribution is 6.13. The molecule has 4 rings (SSSR count). The maximum absolute atomic E-state index is 13.7. The lowest BCUT2D eigenvalue weighted by atomic mass is 10.0. The number of nitrogens with zero attached hydrogens (tertiary/aromatic N) is 3. The molecule has 0 spiro atoms. The summed E-state index contributed by atoms with van der Waals surface area (Å²) >= 11 is 0. The highest BCUT2D eigenvalue weighted by Crippen LogP contribution is 2.26. The summed E-state index contributed by atoms with van der Waals surface area (Å²) in [5.41, 5.74) is 6.88. The number of benzene rings is 2. The molecule has 0 radical (unpaired) electrons. The lowest BCUT2D eigenvalue weighted by molar-refractivity contribution is 0.0920. The third kappa shape index (κ3) is 5.43. The van der Waals surface area contributed by atoms with Gasteiger partial charge in [0, 0.05) is 18.4 Å². The van der Waals surface area contributed by atoms with Gasteiger partial charge in [-0.25, -0.2) is 9.37 Å². The first-order valence-electron chi connectivity index (χ1n) is 11.2. The van der Waals surface area contributed by atoms with Gasteiger partial charge in [-0.15, -0.1) is 0 Å². The molecule has 1 aromatic heterocycles. The summed E-state index contributed by atoms with van der Waals surface area (Å²) in [4.78, 5) is 23.6. The van der Waals surface area contributed by atoms with E-state index in [4.69, 9.17) is 15.2 Å². The van der Waals surface area contributed by atoms with Crippen LogP contribution in [0.3, 0.4) is 0 Å². The first kappa shape index (κ1) is 23.4. The van der Waals surface area contributed by atoms with Gasteiger partial charge in [0.15, 0.2) is 0 Å². The fourth-order valence-corrected chi connectivity index (χ4v) is 3.97. The molecular formula is C25H28FN5O3. The number of halogens is 1. The van der Waals surface area contributed by atoms with Crippen LogP contribution in [0.15, 0.2) is 48.7 Å². The van der Waals surface area contributed by atoms with Crippen molar-refractivity contribution >= 4 is 23.2 Å². The number of methoxy groups -OCH3 is 1. The van der Waals surface area contributed by atoms with E-state index in [0.717, 1.165) is 50.0 Å². The molecule has 1 unspecified atom stereocenters. The monoisotopic (exact) mass is 465 g/mol. The molecule has 1 atom stereocenters. The number of rotatable bonds is 8. The zero-order valence-corrected chi connectivity index (χ0v) is 19.3. The average molecular weight is 466 g/mol. The van der Waals surface area contributed by atoms with Crippen molar-refractivity contribution in [3.8, 4) is 11.5 Å². The van der Waals surface area contributed by atoms with Crippen LogP contribution in [0.5, 0.6) is 11.5 Å². The van der Waals surface area contributed by atoms with Crippen molar-refractivity contribution < 1.29 is 18.7 Å². The number of anilines is 3. The van der Waals surface area contributed by atoms with Gasteiger partial charge in [0.25, 0.3) is 0 Å². The van der Waals surface area contributed by atoms with E-state index in [1.807, 2.05) is 24.3 Å². The maximum atomic E-state index is 13.7. The molecule has 0 amide bonds. The highest BCUT2D eigenvalue weighted by Gasteiger charge is 2.21. The molecule has 0 aliphatic carbocycles. The quantitative estimate of drug-likeness (QED) is 0.481. The Morgan fingerprint density at radius 3 is 2.74 bits per heavy atom. The van der Waals surface area contributed by atoms with E-state index >= 15 is 0 Å². The van der Waals surface area contributed by atoms with Gasteiger partial charge in [-0.2, -0.15) is 4.98 Å². The number of likely N-dealkylation sites (N-methyl/N-ethyl adjacent to an activating group) is 1. The van der Waals surface area contributed by atoms with Crippen molar-refractivity contribution in [3.05, 3.63) is 65.6 Å². The Labute approximate surface area is 197 Å². The van der Waals surface area contributed by atoms with Crippen LogP contribution in [0.1, 0.15) is 35.7 Å². The summed E-state index contributed by atoms with van der Waals surface area (Å²) in [6.07, 6.45) is 3.70. The molecule has 0 bridgehead atoms. The van der Waals surface area contributed by atoms with Crippen molar-refractivity contribution in [2.24, 2.45) is 0 Å². The van der Waals surface area contributed by atoms with E-state index in [0.29, 0.717) is 0 Å². The van der Waals surface area contributed by atoms with Crippen molar-refractivity contribution in [2.75, 3.05) is 37.8 Å². The van der Waals surface area contributed by atoms with Gasteiger partial charge in [0.1, 0.15) is 29.2 Å². The van der Waals surface area contributed by atoms with Gasteiger partial charge in [-0.05, 0) is 68.4 Å². The van der Waals surface area contributed by atoms with Crippen LogP contribution in [-0.4, -0.2) is 53.5 Å². The van der Waals surface area contributed by atoms with E-state index in [1.54, 1.807) is 0 Å². The number of carbonyl (C=O) groups is 1. The summed E-state index contributed by atoms with van der Waals surface area (Å²) in [5.74, 6) is 0.183. The van der Waals surface area contributed by atoms with Crippen LogP contribution >= 0.6 is 0 Å². The van der Waals surface area contributed by atoms with Gasteiger partial charge >= 0.3 is 0 Å². The normalized spacial score (nSPS) is 16.1. The van der Waals surface area contributed by atoms with Crippen molar-refractivity contribution in [2.45, 2.75) is 25.9 Å². The van der Waals surface area contributed by atoms with Gasteiger partial charge in [0.05, 0.1) is 18.2 Å². The second-order valence-corrected chi connectivity index (χ2v) is 8.09. The number of aromatic nitrogens is 2. The molecule has 0 saturated carbocycles. The molecule has 1 saturated heterocycles. The minimum absolute atomic E-state index is 0.0217. The lowest BCUT2D eigenvalue weighted by Crippen LogP contribution is -2.40. The molecule has 3 N–H and O–H groups in total. The van der Waals surface area contributed by atoms with Crippen LogP contribution < -0.4 is 20.5 Å². The number of carbonyl (C=O) groups excluding carboxylic acids is 1. The van der Waals surface area contributed by atoms with E-state index in [9.17, 15) is 9.18 Å². The van der Waals surface area contributed by atoms with E-state index < -0.39 is 11.6 Å². The van der Waals surface area contributed by atoms with E-state index in [2.05, 4.69) is 27.1 Å². The Kier molecular flexibility index (Phi) is 7.22. The summed E-state index contributed by atoms with van der Waals surface area (Å²) in [6.45, 7) is 5.27. The smallest absolute Gasteiger partial charge is 0.229 e. The van der Waals surface area contributed by atoms with Gasteiger partial charge in [-0.1, -0.05) is 6.92 Å². The molecule has 1 aliphatic heterocycles. The predicted molar refractivity (Wildman–Crippen MR) is 128 cm³/mol. The Hall–Kier alpha value is -3.72. The maximum Gasteiger partial charge on any atom is 0.229 e. The largest absolute Gasteiger partial charge is 0.496 e. The Balaban J connectivity index is 1.43. The summed E-state index contributed by atoms with van der Waals surface area (Å²) < 4.78 is 25.0. The number of hydrogen-bond donors (Lipinski definition) is 2. The fraction of sp³-hybridized carbons (Fsp3) is 0.320. The molecule has 9 heteroatoms.